The number of rotatable bonds is 8. The largest absolute Gasteiger partial charge is 0.493 e. The third-order valence-electron chi connectivity index (χ3n) is 4.49. The molecule has 0 saturated carbocycles. The molecule has 3 aromatic carbocycles. The second kappa shape index (κ2) is 9.95. The lowest BCUT2D eigenvalue weighted by atomic mass is 10.1. The van der Waals surface area contributed by atoms with Crippen LogP contribution < -0.4 is 14.8 Å². The SMILES string of the molecule is CCOc1ccc(C(=O)Nc2cc([N+](=O)[O-])ccc2C)cc1COc1cccc(Cl)c1. The number of amides is 1. The zero-order chi connectivity index (χ0) is 22.4. The van der Waals surface area contributed by atoms with Gasteiger partial charge in [0.1, 0.15) is 18.1 Å². The van der Waals surface area contributed by atoms with Crippen LogP contribution in [0.4, 0.5) is 11.4 Å². The zero-order valence-electron chi connectivity index (χ0n) is 17.1. The van der Waals surface area contributed by atoms with Gasteiger partial charge in [0.2, 0.25) is 0 Å². The number of aryl methyl sites for hydroxylation is 1. The number of ether oxygens (including phenoxy) is 2. The van der Waals surface area contributed by atoms with E-state index in [9.17, 15) is 14.9 Å². The molecule has 1 N–H and O–H groups in total. The maximum Gasteiger partial charge on any atom is 0.271 e. The van der Waals surface area contributed by atoms with Gasteiger partial charge in [0.25, 0.3) is 11.6 Å². The quantitative estimate of drug-likeness (QED) is 0.353. The predicted octanol–water partition coefficient (Wildman–Crippen LogP) is 5.79. The maximum atomic E-state index is 12.8. The number of nitrogens with zero attached hydrogens (tertiary/aromatic N) is 1. The molecule has 8 heteroatoms. The van der Waals surface area contributed by atoms with E-state index in [4.69, 9.17) is 21.1 Å². The fraction of sp³-hybridized carbons (Fsp3) is 0.174. The summed E-state index contributed by atoms with van der Waals surface area (Å²) >= 11 is 6.00. The van der Waals surface area contributed by atoms with E-state index in [0.29, 0.717) is 39.9 Å². The van der Waals surface area contributed by atoms with E-state index in [-0.39, 0.29) is 12.3 Å². The van der Waals surface area contributed by atoms with Crippen LogP contribution in [0.25, 0.3) is 0 Å². The molecular formula is C23H21ClN2O5. The van der Waals surface area contributed by atoms with Crippen LogP contribution in [0.1, 0.15) is 28.4 Å². The van der Waals surface area contributed by atoms with E-state index in [1.165, 1.54) is 12.1 Å². The number of benzene rings is 3. The summed E-state index contributed by atoms with van der Waals surface area (Å²) in [4.78, 5) is 23.3. The Balaban J connectivity index is 1.82. The van der Waals surface area contributed by atoms with Crippen LogP contribution in [0.2, 0.25) is 5.02 Å². The number of non-ortho nitro benzene ring substituents is 1. The van der Waals surface area contributed by atoms with Crippen molar-refractivity contribution in [3.05, 3.63) is 92.5 Å². The summed E-state index contributed by atoms with van der Waals surface area (Å²) in [6, 6.07) is 16.4. The standard InChI is InChI=1S/C23H21ClN2O5/c1-3-30-22-10-8-16(11-17(22)14-31-20-6-4-5-18(24)12-20)23(27)25-21-13-19(26(28)29)9-7-15(21)2/h4-13H,3,14H2,1-2H3,(H,25,27). The zero-order valence-corrected chi connectivity index (χ0v) is 17.8. The Bertz CT molecular complexity index is 1120. The third-order valence-corrected chi connectivity index (χ3v) is 4.73. The van der Waals surface area contributed by atoms with E-state index >= 15 is 0 Å². The van der Waals surface area contributed by atoms with Gasteiger partial charge in [-0.2, -0.15) is 0 Å². The first-order valence-corrected chi connectivity index (χ1v) is 9.95. The minimum Gasteiger partial charge on any atom is -0.493 e. The van der Waals surface area contributed by atoms with Crippen molar-refractivity contribution < 1.29 is 19.2 Å². The first-order valence-electron chi connectivity index (χ1n) is 9.58. The van der Waals surface area contributed by atoms with Crippen molar-refractivity contribution in [2.75, 3.05) is 11.9 Å². The Morgan fingerprint density at radius 1 is 1.10 bits per heavy atom. The van der Waals surface area contributed by atoms with Gasteiger partial charge in [0.15, 0.2) is 0 Å². The Morgan fingerprint density at radius 2 is 1.90 bits per heavy atom. The molecule has 0 radical (unpaired) electrons. The average Bonchev–Trinajstić information content (AvgIpc) is 2.74. The number of nitrogens with one attached hydrogen (secondary N) is 1. The Morgan fingerprint density at radius 3 is 2.61 bits per heavy atom. The molecule has 0 spiro atoms. The minimum absolute atomic E-state index is 0.0943. The van der Waals surface area contributed by atoms with Crippen LogP contribution in [0.5, 0.6) is 11.5 Å². The second-order valence-corrected chi connectivity index (χ2v) is 7.15. The summed E-state index contributed by atoms with van der Waals surface area (Å²) in [5.41, 5.74) is 2.06. The maximum absolute atomic E-state index is 12.8. The van der Waals surface area contributed by atoms with Crippen LogP contribution in [0, 0.1) is 17.0 Å². The lowest BCUT2D eigenvalue weighted by molar-refractivity contribution is -0.384. The van der Waals surface area contributed by atoms with Gasteiger partial charge in [0.05, 0.1) is 17.2 Å². The van der Waals surface area contributed by atoms with Gasteiger partial charge in [0, 0.05) is 28.3 Å². The smallest absolute Gasteiger partial charge is 0.271 e. The van der Waals surface area contributed by atoms with Gasteiger partial charge in [-0.3, -0.25) is 14.9 Å². The van der Waals surface area contributed by atoms with Crippen molar-refractivity contribution in [1.29, 1.82) is 0 Å². The lowest BCUT2D eigenvalue weighted by Gasteiger charge is -2.14. The van der Waals surface area contributed by atoms with E-state index in [1.807, 2.05) is 6.92 Å². The summed E-state index contributed by atoms with van der Waals surface area (Å²) in [5.74, 6) is 0.806. The Kier molecular flexibility index (Phi) is 7.10. The van der Waals surface area contributed by atoms with Crippen LogP contribution in [0.3, 0.4) is 0 Å². The van der Waals surface area contributed by atoms with Crippen molar-refractivity contribution in [3.8, 4) is 11.5 Å². The molecule has 0 heterocycles. The molecule has 0 bridgehead atoms. The molecule has 31 heavy (non-hydrogen) atoms. The van der Waals surface area contributed by atoms with E-state index < -0.39 is 10.8 Å². The van der Waals surface area contributed by atoms with E-state index in [1.54, 1.807) is 55.5 Å². The van der Waals surface area contributed by atoms with Gasteiger partial charge < -0.3 is 14.8 Å². The highest BCUT2D eigenvalue weighted by Gasteiger charge is 2.15. The number of carbonyl (C=O) groups excluding carboxylic acids is 1. The number of hydrogen-bond donors (Lipinski definition) is 1. The van der Waals surface area contributed by atoms with Gasteiger partial charge in [-0.05, 0) is 55.8 Å². The summed E-state index contributed by atoms with van der Waals surface area (Å²) in [7, 11) is 0. The Labute approximate surface area is 184 Å². The van der Waals surface area contributed by atoms with E-state index in [0.717, 1.165) is 5.56 Å². The summed E-state index contributed by atoms with van der Waals surface area (Å²) in [5, 5.41) is 14.3. The molecule has 0 saturated heterocycles. The second-order valence-electron chi connectivity index (χ2n) is 6.71. The molecule has 7 nitrogen and oxygen atoms in total. The van der Waals surface area contributed by atoms with E-state index in [2.05, 4.69) is 5.32 Å². The van der Waals surface area contributed by atoms with Crippen molar-refractivity contribution in [2.24, 2.45) is 0 Å². The number of carbonyl (C=O) groups is 1. The lowest BCUT2D eigenvalue weighted by Crippen LogP contribution is -2.14. The molecule has 3 rings (SSSR count). The van der Waals surface area contributed by atoms with Crippen molar-refractivity contribution in [1.82, 2.24) is 0 Å². The highest BCUT2D eigenvalue weighted by atomic mass is 35.5. The summed E-state index contributed by atoms with van der Waals surface area (Å²) in [6.07, 6.45) is 0. The fourth-order valence-corrected chi connectivity index (χ4v) is 3.08. The van der Waals surface area contributed by atoms with Crippen LogP contribution in [-0.4, -0.2) is 17.4 Å². The molecular weight excluding hydrogens is 420 g/mol. The van der Waals surface area contributed by atoms with Gasteiger partial charge in [-0.15, -0.1) is 0 Å². The van der Waals surface area contributed by atoms with Gasteiger partial charge in [-0.1, -0.05) is 23.7 Å². The van der Waals surface area contributed by atoms with Crippen molar-refractivity contribution >= 4 is 28.9 Å². The average molecular weight is 441 g/mol. The first kappa shape index (κ1) is 22.1. The fourth-order valence-electron chi connectivity index (χ4n) is 2.90. The summed E-state index contributed by atoms with van der Waals surface area (Å²) in [6.45, 7) is 4.27. The van der Waals surface area contributed by atoms with Crippen LogP contribution in [0.15, 0.2) is 60.7 Å². The minimum atomic E-state index is -0.503. The monoisotopic (exact) mass is 440 g/mol. The van der Waals surface area contributed by atoms with Crippen LogP contribution >= 0.6 is 11.6 Å². The predicted molar refractivity (Wildman–Crippen MR) is 119 cm³/mol. The number of halogens is 1. The molecule has 0 aliphatic carbocycles. The van der Waals surface area contributed by atoms with Crippen molar-refractivity contribution in [3.63, 3.8) is 0 Å². The number of anilines is 1. The normalized spacial score (nSPS) is 10.4. The van der Waals surface area contributed by atoms with Gasteiger partial charge in [-0.25, -0.2) is 0 Å². The van der Waals surface area contributed by atoms with Crippen molar-refractivity contribution in [2.45, 2.75) is 20.5 Å². The van der Waals surface area contributed by atoms with Crippen LogP contribution in [-0.2, 0) is 6.61 Å². The number of hydrogen-bond acceptors (Lipinski definition) is 5. The molecule has 3 aromatic rings. The molecule has 1 amide bonds. The molecule has 160 valence electrons. The topological polar surface area (TPSA) is 90.7 Å². The molecule has 0 fully saturated rings. The third kappa shape index (κ3) is 5.73. The number of nitro benzene ring substituents is 1. The number of nitro groups is 1. The molecule has 0 aliphatic heterocycles. The highest BCUT2D eigenvalue weighted by molar-refractivity contribution is 6.30. The van der Waals surface area contributed by atoms with Gasteiger partial charge >= 0.3 is 0 Å². The highest BCUT2D eigenvalue weighted by Crippen LogP contribution is 2.26. The molecule has 0 aromatic heterocycles. The molecule has 0 atom stereocenters. The molecule has 0 unspecified atom stereocenters. The summed E-state index contributed by atoms with van der Waals surface area (Å²) < 4.78 is 11.5. The first-order chi connectivity index (χ1) is 14.9. The Hall–Kier alpha value is -3.58. The molecule has 0 aliphatic rings.